The zero-order valence-corrected chi connectivity index (χ0v) is 22.8. The minimum Gasteiger partial charge on any atom is -0.467 e. The molecule has 0 aliphatic carbocycles. The molecule has 0 bridgehead atoms. The Morgan fingerprint density at radius 3 is 2.38 bits per heavy atom. The summed E-state index contributed by atoms with van der Waals surface area (Å²) >= 11 is 0. The van der Waals surface area contributed by atoms with Crippen molar-refractivity contribution >= 4 is 18.0 Å². The van der Waals surface area contributed by atoms with E-state index in [1.807, 2.05) is 56.3 Å². The summed E-state index contributed by atoms with van der Waals surface area (Å²) in [5.41, 5.74) is 6.09. The second kappa shape index (κ2) is 13.8. The number of aryl methyl sites for hydroxylation is 3. The van der Waals surface area contributed by atoms with Gasteiger partial charge in [0, 0.05) is 12.8 Å². The van der Waals surface area contributed by atoms with Crippen LogP contribution in [0, 0.1) is 26.6 Å². The van der Waals surface area contributed by atoms with Crippen molar-refractivity contribution in [1.82, 2.24) is 5.32 Å². The molecule has 0 aliphatic rings. The number of halogens is 1. The summed E-state index contributed by atoms with van der Waals surface area (Å²) in [6.45, 7) is 5.67. The number of rotatable bonds is 11. The fraction of sp³-hybridized carbons (Fsp3) is 0.312. The molecule has 7 heteroatoms. The summed E-state index contributed by atoms with van der Waals surface area (Å²) in [5.74, 6) is -1.37. The van der Waals surface area contributed by atoms with E-state index in [9.17, 15) is 24.2 Å². The second-order valence-corrected chi connectivity index (χ2v) is 9.86. The van der Waals surface area contributed by atoms with E-state index in [0.29, 0.717) is 5.56 Å². The predicted molar refractivity (Wildman–Crippen MR) is 150 cm³/mol. The van der Waals surface area contributed by atoms with E-state index >= 15 is 0 Å². The highest BCUT2D eigenvalue weighted by atomic mass is 19.1. The number of benzene rings is 3. The number of methoxy groups -OCH3 is 1. The smallest absolute Gasteiger partial charge is 0.328 e. The molecule has 0 spiro atoms. The highest BCUT2D eigenvalue weighted by Crippen LogP contribution is 2.30. The van der Waals surface area contributed by atoms with Crippen molar-refractivity contribution < 1.29 is 28.9 Å². The fourth-order valence-electron chi connectivity index (χ4n) is 4.55. The zero-order valence-electron chi connectivity index (χ0n) is 22.8. The molecule has 0 fully saturated rings. The maximum Gasteiger partial charge on any atom is 0.328 e. The summed E-state index contributed by atoms with van der Waals surface area (Å²) in [6.07, 6.45) is 1.12. The van der Waals surface area contributed by atoms with Gasteiger partial charge in [-0.3, -0.25) is 4.79 Å². The van der Waals surface area contributed by atoms with E-state index in [4.69, 9.17) is 4.74 Å². The molecule has 0 saturated heterocycles. The van der Waals surface area contributed by atoms with Crippen LogP contribution in [0.5, 0.6) is 0 Å². The van der Waals surface area contributed by atoms with Gasteiger partial charge in [0.1, 0.15) is 11.9 Å². The molecule has 3 atom stereocenters. The van der Waals surface area contributed by atoms with E-state index < -0.39 is 30.1 Å². The zero-order chi connectivity index (χ0) is 28.5. The van der Waals surface area contributed by atoms with Gasteiger partial charge in [-0.15, -0.1) is 0 Å². The summed E-state index contributed by atoms with van der Waals surface area (Å²) in [4.78, 5) is 24.7. The molecule has 0 saturated carbocycles. The number of carbonyl (C=O) groups is 2. The van der Waals surface area contributed by atoms with Crippen LogP contribution in [0.3, 0.4) is 0 Å². The van der Waals surface area contributed by atoms with Gasteiger partial charge in [-0.05, 0) is 66.3 Å². The van der Waals surface area contributed by atoms with Gasteiger partial charge in [0.15, 0.2) is 0 Å². The number of hydrogen-bond acceptors (Lipinski definition) is 5. The number of nitrogens with one attached hydrogen (secondary N) is 1. The van der Waals surface area contributed by atoms with Crippen LogP contribution in [0.15, 0.2) is 66.7 Å². The van der Waals surface area contributed by atoms with E-state index in [-0.39, 0.29) is 25.1 Å². The van der Waals surface area contributed by atoms with Gasteiger partial charge in [0.25, 0.3) is 0 Å². The van der Waals surface area contributed by atoms with Crippen LogP contribution in [0.2, 0.25) is 0 Å². The van der Waals surface area contributed by atoms with Crippen molar-refractivity contribution in [3.05, 3.63) is 100 Å². The largest absolute Gasteiger partial charge is 0.467 e. The average molecular weight is 534 g/mol. The molecule has 3 aromatic rings. The Bertz CT molecular complexity index is 1320. The Labute approximate surface area is 229 Å². The number of amides is 1. The van der Waals surface area contributed by atoms with Crippen LogP contribution in [-0.2, 0) is 20.7 Å². The first kappa shape index (κ1) is 29.7. The molecular formula is C32H36FNO5. The Kier molecular flexibility index (Phi) is 10.5. The molecule has 0 aliphatic heterocycles. The minimum atomic E-state index is -1.13. The van der Waals surface area contributed by atoms with Gasteiger partial charge in [-0.1, -0.05) is 66.2 Å². The van der Waals surface area contributed by atoms with Gasteiger partial charge in [0.2, 0.25) is 5.91 Å². The van der Waals surface area contributed by atoms with Crippen LogP contribution in [-0.4, -0.2) is 47.4 Å². The van der Waals surface area contributed by atoms with E-state index in [1.54, 1.807) is 31.2 Å². The molecule has 39 heavy (non-hydrogen) atoms. The predicted octanol–water partition coefficient (Wildman–Crippen LogP) is 4.83. The second-order valence-electron chi connectivity index (χ2n) is 9.86. The van der Waals surface area contributed by atoms with Crippen LogP contribution in [0.25, 0.3) is 17.2 Å². The standard InChI is InChI=1S/C32H36FNO5/c1-20-14-21(2)27(28(15-20)24-10-13-29(33)22(3)16-24)12-11-25(35)18-26(36)19-31(37)34-30(32(38)39-4)17-23-8-6-5-7-9-23/h5-16,25-26,30,35-36H,17-19H2,1-4H3,(H,34,37)/t25-,26+,30-/m0/s1. The Morgan fingerprint density at radius 1 is 1.00 bits per heavy atom. The molecule has 206 valence electrons. The van der Waals surface area contributed by atoms with Crippen molar-refractivity contribution in [2.75, 3.05) is 7.11 Å². The number of ether oxygens (including phenoxy) is 1. The SMILES string of the molecule is COC(=O)[C@H](Cc1ccccc1)NC(=O)C[C@H](O)C[C@@H](O)C=Cc1c(C)cc(C)cc1-c1ccc(F)c(C)c1. The minimum absolute atomic E-state index is 0.0681. The molecule has 0 heterocycles. The number of aliphatic hydroxyl groups excluding tert-OH is 2. The number of carbonyl (C=O) groups excluding carboxylic acids is 2. The lowest BCUT2D eigenvalue weighted by atomic mass is 9.92. The lowest BCUT2D eigenvalue weighted by Gasteiger charge is -2.18. The number of aliphatic hydroxyl groups is 2. The molecular weight excluding hydrogens is 497 g/mol. The molecule has 0 radical (unpaired) electrons. The summed E-state index contributed by atoms with van der Waals surface area (Å²) < 4.78 is 18.7. The van der Waals surface area contributed by atoms with Gasteiger partial charge < -0.3 is 20.3 Å². The Hall–Kier alpha value is -3.81. The fourth-order valence-corrected chi connectivity index (χ4v) is 4.55. The van der Waals surface area contributed by atoms with Gasteiger partial charge >= 0.3 is 5.97 Å². The monoisotopic (exact) mass is 533 g/mol. The van der Waals surface area contributed by atoms with Gasteiger partial charge in [-0.2, -0.15) is 0 Å². The summed E-state index contributed by atoms with van der Waals surface area (Å²) in [6, 6.07) is 17.3. The third kappa shape index (κ3) is 8.60. The van der Waals surface area contributed by atoms with E-state index in [1.165, 1.54) is 13.2 Å². The molecule has 6 nitrogen and oxygen atoms in total. The normalized spacial score (nSPS) is 13.6. The third-order valence-electron chi connectivity index (χ3n) is 6.52. The van der Waals surface area contributed by atoms with Crippen LogP contribution >= 0.6 is 0 Å². The van der Waals surface area contributed by atoms with Crippen molar-refractivity contribution in [3.8, 4) is 11.1 Å². The van der Waals surface area contributed by atoms with Crippen molar-refractivity contribution in [2.24, 2.45) is 0 Å². The maximum absolute atomic E-state index is 13.8. The molecule has 0 unspecified atom stereocenters. The molecule has 3 rings (SSSR count). The van der Waals surface area contributed by atoms with Crippen molar-refractivity contribution in [3.63, 3.8) is 0 Å². The van der Waals surface area contributed by atoms with E-state index in [2.05, 4.69) is 5.32 Å². The number of esters is 1. The van der Waals surface area contributed by atoms with Gasteiger partial charge in [-0.25, -0.2) is 9.18 Å². The van der Waals surface area contributed by atoms with Crippen LogP contribution in [0.1, 0.15) is 40.7 Å². The van der Waals surface area contributed by atoms with Crippen molar-refractivity contribution in [1.29, 1.82) is 0 Å². The van der Waals surface area contributed by atoms with Crippen LogP contribution in [0.4, 0.5) is 4.39 Å². The summed E-state index contributed by atoms with van der Waals surface area (Å²) in [7, 11) is 1.25. The molecule has 3 aromatic carbocycles. The first-order valence-corrected chi connectivity index (χ1v) is 12.9. The quantitative estimate of drug-likeness (QED) is 0.307. The Balaban J connectivity index is 1.65. The average Bonchev–Trinajstić information content (AvgIpc) is 2.89. The first-order chi connectivity index (χ1) is 18.6. The number of hydrogen-bond donors (Lipinski definition) is 3. The Morgan fingerprint density at radius 2 is 1.72 bits per heavy atom. The highest BCUT2D eigenvalue weighted by Gasteiger charge is 2.23. The maximum atomic E-state index is 13.8. The van der Waals surface area contributed by atoms with Crippen LogP contribution < -0.4 is 5.32 Å². The molecule has 3 N–H and O–H groups in total. The van der Waals surface area contributed by atoms with E-state index in [0.717, 1.165) is 33.4 Å². The molecule has 1 amide bonds. The molecule has 0 aromatic heterocycles. The lowest BCUT2D eigenvalue weighted by Crippen LogP contribution is -2.44. The first-order valence-electron chi connectivity index (χ1n) is 12.9. The van der Waals surface area contributed by atoms with Crippen molar-refractivity contribution in [2.45, 2.75) is 58.3 Å². The summed E-state index contributed by atoms with van der Waals surface area (Å²) in [5, 5.41) is 23.7. The lowest BCUT2D eigenvalue weighted by molar-refractivity contribution is -0.145. The topological polar surface area (TPSA) is 95.9 Å². The third-order valence-corrected chi connectivity index (χ3v) is 6.52. The van der Waals surface area contributed by atoms with Gasteiger partial charge in [0.05, 0.1) is 25.7 Å². The highest BCUT2D eigenvalue weighted by molar-refractivity contribution is 5.85.